The molecule has 3 heterocycles. The average Bonchev–Trinajstić information content (AvgIpc) is 3.28. The second-order valence-electron chi connectivity index (χ2n) is 6.60. The molecule has 9 nitrogen and oxygen atoms in total. The molecule has 3 aromatic rings. The van der Waals surface area contributed by atoms with Crippen molar-refractivity contribution in [1.82, 2.24) is 14.9 Å². The number of hydrogen-bond acceptors (Lipinski definition) is 7. The van der Waals surface area contributed by atoms with E-state index in [1.165, 1.54) is 22.6 Å². The lowest BCUT2D eigenvalue weighted by molar-refractivity contribution is -0.138. The Balaban J connectivity index is 1.67. The number of fused-ring (bicyclic) bond motifs is 3. The summed E-state index contributed by atoms with van der Waals surface area (Å²) in [5.41, 5.74) is 1.42. The largest absolute Gasteiger partial charge is 0.479 e. The molecule has 0 radical (unpaired) electrons. The summed E-state index contributed by atoms with van der Waals surface area (Å²) in [6.45, 7) is 0.600. The lowest BCUT2D eigenvalue weighted by Gasteiger charge is -2.17. The van der Waals surface area contributed by atoms with Crippen LogP contribution in [-0.2, 0) is 27.5 Å². The zero-order valence-electron chi connectivity index (χ0n) is 15.5. The summed E-state index contributed by atoms with van der Waals surface area (Å²) in [4.78, 5) is 46.4. The Kier molecular flexibility index (Phi) is 5.15. The maximum Gasteiger partial charge on any atom is 0.330 e. The number of carboxylic acids is 2. The summed E-state index contributed by atoms with van der Waals surface area (Å²) in [5.74, 6) is -2.27. The van der Waals surface area contributed by atoms with Gasteiger partial charge in [0.25, 0.3) is 0 Å². The summed E-state index contributed by atoms with van der Waals surface area (Å²) in [5, 5.41) is 22.1. The summed E-state index contributed by atoms with van der Waals surface area (Å²) >= 11 is 1.40. The van der Waals surface area contributed by atoms with E-state index < -0.39 is 23.9 Å². The van der Waals surface area contributed by atoms with Crippen molar-refractivity contribution in [2.24, 2.45) is 0 Å². The monoisotopic (exact) mass is 424 g/mol. The van der Waals surface area contributed by atoms with Crippen LogP contribution in [0.4, 0.5) is 5.82 Å². The first-order valence-corrected chi connectivity index (χ1v) is 9.75. The van der Waals surface area contributed by atoms with E-state index in [0.29, 0.717) is 28.1 Å². The van der Waals surface area contributed by atoms with Gasteiger partial charge in [-0.15, -0.1) is 11.3 Å². The SMILES string of the molecule is O=C(O)/C=C/C(=O)N1Cc2sc3ncnc(N[C@H](C(=O)O)c4ccccc4)c3c2C1. The third-order valence-corrected chi connectivity index (χ3v) is 5.82. The number of nitrogens with zero attached hydrogens (tertiary/aromatic N) is 3. The fourth-order valence-corrected chi connectivity index (χ4v) is 4.50. The number of rotatable bonds is 6. The van der Waals surface area contributed by atoms with E-state index in [-0.39, 0.29) is 6.54 Å². The van der Waals surface area contributed by atoms with Gasteiger partial charge in [-0.2, -0.15) is 0 Å². The molecule has 4 rings (SSSR count). The predicted molar refractivity (Wildman–Crippen MR) is 109 cm³/mol. The van der Waals surface area contributed by atoms with Gasteiger partial charge in [-0.05, 0) is 5.56 Å². The highest BCUT2D eigenvalue weighted by Crippen LogP contribution is 2.40. The Bertz CT molecular complexity index is 1170. The third kappa shape index (κ3) is 3.72. The highest BCUT2D eigenvalue weighted by molar-refractivity contribution is 7.19. The molecule has 0 spiro atoms. The van der Waals surface area contributed by atoms with E-state index in [1.807, 2.05) is 0 Å². The quantitative estimate of drug-likeness (QED) is 0.514. The number of nitrogens with one attached hydrogen (secondary N) is 1. The van der Waals surface area contributed by atoms with Gasteiger partial charge in [-0.1, -0.05) is 30.3 Å². The van der Waals surface area contributed by atoms with Crippen molar-refractivity contribution in [1.29, 1.82) is 0 Å². The number of aliphatic carboxylic acids is 2. The Hall–Kier alpha value is -3.79. The van der Waals surface area contributed by atoms with Crippen LogP contribution in [0.1, 0.15) is 22.0 Å². The number of carbonyl (C=O) groups is 3. The molecule has 152 valence electrons. The van der Waals surface area contributed by atoms with Crippen LogP contribution in [0.5, 0.6) is 0 Å². The number of hydrogen-bond donors (Lipinski definition) is 3. The summed E-state index contributed by atoms with van der Waals surface area (Å²) in [6, 6.07) is 7.77. The summed E-state index contributed by atoms with van der Waals surface area (Å²) in [6.07, 6.45) is 3.20. The molecule has 3 N–H and O–H groups in total. The third-order valence-electron chi connectivity index (χ3n) is 4.70. The van der Waals surface area contributed by atoms with Crippen molar-refractivity contribution < 1.29 is 24.6 Å². The molecule has 0 unspecified atom stereocenters. The van der Waals surface area contributed by atoms with E-state index in [0.717, 1.165) is 22.6 Å². The highest BCUT2D eigenvalue weighted by atomic mass is 32.1. The minimum atomic E-state index is -1.19. The van der Waals surface area contributed by atoms with E-state index in [1.54, 1.807) is 30.3 Å². The minimum absolute atomic E-state index is 0.267. The topological polar surface area (TPSA) is 133 Å². The first-order chi connectivity index (χ1) is 14.4. The first kappa shape index (κ1) is 19.5. The van der Waals surface area contributed by atoms with E-state index in [2.05, 4.69) is 15.3 Å². The number of thiophene rings is 1. The molecule has 1 aliphatic heterocycles. The standard InChI is InChI=1S/C20H16N4O5S/c25-14(6-7-15(26)27)24-8-12-13(9-24)30-19-16(12)18(21-10-22-19)23-17(20(28)29)11-4-2-1-3-5-11/h1-7,10,17H,8-9H2,(H,26,27)(H,28,29)(H,21,22,23)/b7-6+/t17-/m0/s1. The van der Waals surface area contributed by atoms with Crippen LogP contribution in [0.2, 0.25) is 0 Å². The van der Waals surface area contributed by atoms with Crippen LogP contribution in [-0.4, -0.2) is 42.9 Å². The van der Waals surface area contributed by atoms with Crippen molar-refractivity contribution in [3.05, 3.63) is 64.8 Å². The number of carboxylic acid groups (broad SMARTS) is 2. The van der Waals surface area contributed by atoms with Gasteiger partial charge in [0.15, 0.2) is 6.04 Å². The predicted octanol–water partition coefficient (Wildman–Crippen LogP) is 2.41. The van der Waals surface area contributed by atoms with Crippen LogP contribution in [0, 0.1) is 0 Å². The minimum Gasteiger partial charge on any atom is -0.479 e. The van der Waals surface area contributed by atoms with Crippen LogP contribution >= 0.6 is 11.3 Å². The van der Waals surface area contributed by atoms with Gasteiger partial charge in [0.05, 0.1) is 11.9 Å². The zero-order chi connectivity index (χ0) is 21.3. The number of carbonyl (C=O) groups excluding carboxylic acids is 1. The molecule has 1 amide bonds. The van der Waals surface area contributed by atoms with E-state index in [4.69, 9.17) is 5.11 Å². The maximum absolute atomic E-state index is 12.2. The lowest BCUT2D eigenvalue weighted by Crippen LogP contribution is -2.23. The van der Waals surface area contributed by atoms with Gasteiger partial charge < -0.3 is 20.4 Å². The number of anilines is 1. The number of benzene rings is 1. The van der Waals surface area contributed by atoms with Crippen molar-refractivity contribution in [3.8, 4) is 0 Å². The van der Waals surface area contributed by atoms with Crippen molar-refractivity contribution in [2.45, 2.75) is 19.1 Å². The molecule has 1 aromatic carbocycles. The fraction of sp³-hybridized carbons (Fsp3) is 0.150. The Morgan fingerprint density at radius 1 is 1.10 bits per heavy atom. The zero-order valence-corrected chi connectivity index (χ0v) is 16.3. The normalized spacial score (nSPS) is 14.1. The summed E-state index contributed by atoms with van der Waals surface area (Å²) < 4.78 is 0. The fourth-order valence-electron chi connectivity index (χ4n) is 3.33. The summed E-state index contributed by atoms with van der Waals surface area (Å²) in [7, 11) is 0. The second kappa shape index (κ2) is 7.91. The number of amides is 1. The van der Waals surface area contributed by atoms with Crippen molar-refractivity contribution in [2.75, 3.05) is 5.32 Å². The molecule has 1 atom stereocenters. The lowest BCUT2D eigenvalue weighted by atomic mass is 10.1. The van der Waals surface area contributed by atoms with Gasteiger partial charge in [0.2, 0.25) is 5.91 Å². The molecule has 0 aliphatic carbocycles. The molecule has 10 heteroatoms. The average molecular weight is 424 g/mol. The van der Waals surface area contributed by atoms with Crippen LogP contribution in [0.3, 0.4) is 0 Å². The van der Waals surface area contributed by atoms with Gasteiger partial charge >= 0.3 is 11.9 Å². The van der Waals surface area contributed by atoms with Crippen LogP contribution < -0.4 is 5.32 Å². The molecule has 0 saturated heterocycles. The molecule has 0 bridgehead atoms. The van der Waals surface area contributed by atoms with Gasteiger partial charge in [0, 0.05) is 29.1 Å². The first-order valence-electron chi connectivity index (χ1n) is 8.93. The second-order valence-corrected chi connectivity index (χ2v) is 7.68. The molecular weight excluding hydrogens is 408 g/mol. The van der Waals surface area contributed by atoms with Gasteiger partial charge in [-0.3, -0.25) is 4.79 Å². The molecule has 0 saturated carbocycles. The Labute approximate surface area is 174 Å². The van der Waals surface area contributed by atoms with Crippen molar-refractivity contribution >= 4 is 45.2 Å². The van der Waals surface area contributed by atoms with Crippen molar-refractivity contribution in [3.63, 3.8) is 0 Å². The van der Waals surface area contributed by atoms with E-state index in [9.17, 15) is 19.5 Å². The Morgan fingerprint density at radius 2 is 1.87 bits per heavy atom. The smallest absolute Gasteiger partial charge is 0.330 e. The van der Waals surface area contributed by atoms with Gasteiger partial charge in [0.1, 0.15) is 17.0 Å². The molecule has 0 fully saturated rings. The molecule has 2 aromatic heterocycles. The van der Waals surface area contributed by atoms with Gasteiger partial charge in [-0.25, -0.2) is 19.6 Å². The maximum atomic E-state index is 12.2. The van der Waals surface area contributed by atoms with Crippen LogP contribution in [0.15, 0.2) is 48.8 Å². The molecular formula is C20H16N4O5S. The number of aromatic nitrogens is 2. The van der Waals surface area contributed by atoms with E-state index >= 15 is 0 Å². The molecule has 30 heavy (non-hydrogen) atoms. The van der Waals surface area contributed by atoms with Crippen LogP contribution in [0.25, 0.3) is 10.2 Å². The molecule has 1 aliphatic rings. The highest BCUT2D eigenvalue weighted by Gasteiger charge is 2.30. The Morgan fingerprint density at radius 3 is 2.57 bits per heavy atom.